The van der Waals surface area contributed by atoms with Crippen molar-refractivity contribution in [2.75, 3.05) is 5.75 Å². The largest absolute Gasteiger partial charge is 0.391 e. The topological polar surface area (TPSA) is 80.4 Å². The van der Waals surface area contributed by atoms with Crippen LogP contribution in [0.2, 0.25) is 0 Å². The van der Waals surface area contributed by atoms with Crippen LogP contribution in [0.3, 0.4) is 0 Å². The summed E-state index contributed by atoms with van der Waals surface area (Å²) < 4.78 is 0. The molecule has 0 saturated heterocycles. The van der Waals surface area contributed by atoms with E-state index < -0.39 is 4.92 Å². The van der Waals surface area contributed by atoms with Gasteiger partial charge in [0.25, 0.3) is 5.69 Å². The van der Waals surface area contributed by atoms with Crippen molar-refractivity contribution in [1.82, 2.24) is 0 Å². The summed E-state index contributed by atoms with van der Waals surface area (Å²) in [4.78, 5) is 20.8. The fourth-order valence-corrected chi connectivity index (χ4v) is 1.79. The third-order valence-corrected chi connectivity index (χ3v) is 2.93. The molecule has 0 bridgehead atoms. The quantitative estimate of drug-likeness (QED) is 0.654. The summed E-state index contributed by atoms with van der Waals surface area (Å²) in [5, 5.41) is 19.8. The third kappa shape index (κ3) is 4.31. The molecule has 0 amide bonds. The van der Waals surface area contributed by atoms with Gasteiger partial charge in [-0.05, 0) is 17.7 Å². The Bertz CT molecular complexity index is 485. The Kier molecular flexibility index (Phi) is 5.54. The van der Waals surface area contributed by atoms with Gasteiger partial charge >= 0.3 is 0 Å². The first-order chi connectivity index (χ1) is 8.54. The van der Waals surface area contributed by atoms with E-state index in [1.165, 1.54) is 24.8 Å². The van der Waals surface area contributed by atoms with Gasteiger partial charge in [-0.2, -0.15) is 0 Å². The van der Waals surface area contributed by atoms with Gasteiger partial charge in [0, 0.05) is 18.7 Å². The second-order valence-electron chi connectivity index (χ2n) is 3.51. The molecule has 0 aliphatic carbocycles. The van der Waals surface area contributed by atoms with Gasteiger partial charge < -0.3 is 5.11 Å². The number of rotatable bonds is 5. The van der Waals surface area contributed by atoms with Crippen molar-refractivity contribution in [3.05, 3.63) is 45.5 Å². The molecule has 0 saturated carbocycles. The monoisotopic (exact) mass is 267 g/mol. The molecular weight excluding hydrogens is 254 g/mol. The number of hydrogen-bond acceptors (Lipinski definition) is 5. The lowest BCUT2D eigenvalue weighted by molar-refractivity contribution is -0.385. The van der Waals surface area contributed by atoms with E-state index in [-0.39, 0.29) is 23.0 Å². The van der Waals surface area contributed by atoms with Crippen LogP contribution >= 0.6 is 11.8 Å². The predicted molar refractivity (Wildman–Crippen MR) is 71.2 cm³/mol. The van der Waals surface area contributed by atoms with Crippen LogP contribution in [0.15, 0.2) is 24.3 Å². The standard InChI is InChI=1S/C12H13NO4S/c1-9(15)18-6-2-3-10-4-5-12(13(16)17)11(7-10)8-14/h2-5,7,14H,6,8H2,1H3. The summed E-state index contributed by atoms with van der Waals surface area (Å²) >= 11 is 1.19. The number of benzene rings is 1. The summed E-state index contributed by atoms with van der Waals surface area (Å²) in [5.41, 5.74) is 0.947. The molecule has 1 rings (SSSR count). The summed E-state index contributed by atoms with van der Waals surface area (Å²) in [6.07, 6.45) is 3.56. The highest BCUT2D eigenvalue weighted by molar-refractivity contribution is 8.13. The van der Waals surface area contributed by atoms with E-state index in [0.717, 1.165) is 5.56 Å². The number of hydrogen-bond donors (Lipinski definition) is 1. The zero-order chi connectivity index (χ0) is 13.5. The normalized spacial score (nSPS) is 10.8. The van der Waals surface area contributed by atoms with Gasteiger partial charge in [0.15, 0.2) is 5.12 Å². The molecule has 0 radical (unpaired) electrons. The Morgan fingerprint density at radius 1 is 1.56 bits per heavy atom. The van der Waals surface area contributed by atoms with Crippen LogP contribution < -0.4 is 0 Å². The van der Waals surface area contributed by atoms with Crippen molar-refractivity contribution >= 4 is 28.6 Å². The first-order valence-electron chi connectivity index (χ1n) is 5.22. The summed E-state index contributed by atoms with van der Waals surface area (Å²) in [6, 6.07) is 4.53. The number of nitro groups is 1. The average Bonchev–Trinajstić information content (AvgIpc) is 2.33. The van der Waals surface area contributed by atoms with Crippen LogP contribution in [-0.2, 0) is 11.4 Å². The Morgan fingerprint density at radius 3 is 2.83 bits per heavy atom. The van der Waals surface area contributed by atoms with Gasteiger partial charge in [-0.3, -0.25) is 14.9 Å². The summed E-state index contributed by atoms with van der Waals surface area (Å²) in [6.45, 7) is 1.12. The molecule has 18 heavy (non-hydrogen) atoms. The van der Waals surface area contributed by atoms with Crippen molar-refractivity contribution in [3.8, 4) is 0 Å². The summed E-state index contributed by atoms with van der Waals surface area (Å²) in [7, 11) is 0. The predicted octanol–water partition coefficient (Wildman–Crippen LogP) is 2.38. The molecule has 0 aliphatic heterocycles. The van der Waals surface area contributed by atoms with E-state index in [0.29, 0.717) is 5.75 Å². The fourth-order valence-electron chi connectivity index (χ4n) is 1.36. The van der Waals surface area contributed by atoms with Crippen molar-refractivity contribution in [3.63, 3.8) is 0 Å². The van der Waals surface area contributed by atoms with E-state index in [2.05, 4.69) is 0 Å². The second-order valence-corrected chi connectivity index (χ2v) is 4.71. The van der Waals surface area contributed by atoms with Gasteiger partial charge in [-0.1, -0.05) is 23.9 Å². The molecule has 0 heterocycles. The van der Waals surface area contributed by atoms with Gasteiger partial charge in [-0.25, -0.2) is 0 Å². The zero-order valence-electron chi connectivity index (χ0n) is 9.83. The van der Waals surface area contributed by atoms with Crippen LogP contribution in [0.25, 0.3) is 6.08 Å². The Balaban J connectivity index is 2.79. The third-order valence-electron chi connectivity index (χ3n) is 2.16. The smallest absolute Gasteiger partial charge is 0.274 e. The minimum atomic E-state index is -0.523. The molecule has 0 spiro atoms. The molecule has 1 N–H and O–H groups in total. The van der Waals surface area contributed by atoms with E-state index in [9.17, 15) is 14.9 Å². The maximum absolute atomic E-state index is 10.7. The van der Waals surface area contributed by atoms with Crippen molar-refractivity contribution < 1.29 is 14.8 Å². The second kappa shape index (κ2) is 6.93. The molecule has 1 aromatic rings. The first kappa shape index (κ1) is 14.4. The number of nitrogens with zero attached hydrogens (tertiary/aromatic N) is 1. The highest BCUT2D eigenvalue weighted by Gasteiger charge is 2.12. The number of aliphatic hydroxyl groups excluding tert-OH is 1. The van der Waals surface area contributed by atoms with E-state index in [1.54, 1.807) is 24.3 Å². The highest BCUT2D eigenvalue weighted by atomic mass is 32.2. The summed E-state index contributed by atoms with van der Waals surface area (Å²) in [5.74, 6) is 0.556. The Morgan fingerprint density at radius 2 is 2.28 bits per heavy atom. The number of aliphatic hydroxyl groups is 1. The van der Waals surface area contributed by atoms with Crippen molar-refractivity contribution in [1.29, 1.82) is 0 Å². The Hall–Kier alpha value is -1.66. The first-order valence-corrected chi connectivity index (χ1v) is 6.21. The molecule has 0 atom stereocenters. The molecule has 96 valence electrons. The zero-order valence-corrected chi connectivity index (χ0v) is 10.6. The van der Waals surface area contributed by atoms with E-state index in [4.69, 9.17) is 5.11 Å². The molecule has 5 nitrogen and oxygen atoms in total. The van der Waals surface area contributed by atoms with Gasteiger partial charge in [0.2, 0.25) is 0 Å². The number of thioether (sulfide) groups is 1. The SMILES string of the molecule is CC(=O)SCC=Cc1ccc([N+](=O)[O-])c(CO)c1. The molecule has 0 unspecified atom stereocenters. The molecular formula is C12H13NO4S. The molecule has 6 heteroatoms. The van der Waals surface area contributed by atoms with Crippen LogP contribution in [0.4, 0.5) is 5.69 Å². The lowest BCUT2D eigenvalue weighted by atomic mass is 10.1. The number of carbonyl (C=O) groups is 1. The van der Waals surface area contributed by atoms with Crippen molar-refractivity contribution in [2.45, 2.75) is 13.5 Å². The average molecular weight is 267 g/mol. The molecule has 0 aromatic heterocycles. The lowest BCUT2D eigenvalue weighted by Gasteiger charge is -2.00. The maximum Gasteiger partial charge on any atom is 0.274 e. The van der Waals surface area contributed by atoms with Crippen molar-refractivity contribution in [2.24, 2.45) is 0 Å². The number of carbonyl (C=O) groups excluding carboxylic acids is 1. The molecule has 1 aromatic carbocycles. The van der Waals surface area contributed by atoms with Gasteiger partial charge in [0.05, 0.1) is 17.1 Å². The fraction of sp³-hybridized carbons (Fsp3) is 0.250. The van der Waals surface area contributed by atoms with E-state index in [1.807, 2.05) is 0 Å². The highest BCUT2D eigenvalue weighted by Crippen LogP contribution is 2.20. The van der Waals surface area contributed by atoms with Crippen LogP contribution in [0.5, 0.6) is 0 Å². The molecule has 0 aliphatic rings. The lowest BCUT2D eigenvalue weighted by Crippen LogP contribution is -1.95. The molecule has 0 fully saturated rings. The van der Waals surface area contributed by atoms with Gasteiger partial charge in [-0.15, -0.1) is 0 Å². The van der Waals surface area contributed by atoms with Crippen LogP contribution in [0, 0.1) is 10.1 Å². The maximum atomic E-state index is 10.7. The van der Waals surface area contributed by atoms with E-state index >= 15 is 0 Å². The van der Waals surface area contributed by atoms with Crippen LogP contribution in [0.1, 0.15) is 18.1 Å². The minimum absolute atomic E-state index is 0.0411. The van der Waals surface area contributed by atoms with Gasteiger partial charge in [0.1, 0.15) is 0 Å². The van der Waals surface area contributed by atoms with Crippen LogP contribution in [-0.4, -0.2) is 20.9 Å². The Labute approximate surface area is 109 Å². The number of nitro benzene ring substituents is 1. The minimum Gasteiger partial charge on any atom is -0.391 e.